The number of ether oxygens (including phenoxy) is 1. The summed E-state index contributed by atoms with van der Waals surface area (Å²) in [4.78, 5) is 11.8. The average molecular weight is 421 g/mol. The Balaban J connectivity index is 3.19. The molecule has 0 amide bonds. The lowest BCUT2D eigenvalue weighted by Crippen LogP contribution is -2.32. The second-order valence-electron chi connectivity index (χ2n) is 8.43. The summed E-state index contributed by atoms with van der Waals surface area (Å²) in [5, 5.41) is 9.08. The first kappa shape index (κ1) is 26.1. The molecule has 0 bridgehead atoms. The summed E-state index contributed by atoms with van der Waals surface area (Å²) in [6.07, 6.45) is 4.50. The Hall–Kier alpha value is -1.90. The molecule has 0 N–H and O–H groups in total. The normalized spacial score (nSPS) is 14.1. The highest BCUT2D eigenvalue weighted by Crippen LogP contribution is 2.27. The molecular weight excluding hydrogens is 379 g/mol. The maximum absolute atomic E-state index is 13.7. The lowest BCUT2D eigenvalue weighted by Gasteiger charge is -2.29. The van der Waals surface area contributed by atoms with Gasteiger partial charge < -0.3 is 9.64 Å². The van der Waals surface area contributed by atoms with Crippen LogP contribution in [0.15, 0.2) is 0 Å². The van der Waals surface area contributed by atoms with Crippen LogP contribution in [0, 0.1) is 23.2 Å². The van der Waals surface area contributed by atoms with Crippen LogP contribution >= 0.6 is 0 Å². The van der Waals surface area contributed by atoms with Gasteiger partial charge in [-0.3, -0.25) is 0 Å². The van der Waals surface area contributed by atoms with E-state index in [0.29, 0.717) is 31.9 Å². The predicted octanol–water partition coefficient (Wildman–Crippen LogP) is 5.91. The number of halogens is 1. The van der Waals surface area contributed by atoms with Crippen LogP contribution in [-0.2, 0) is 12.8 Å². The molecule has 0 spiro atoms. The van der Waals surface area contributed by atoms with Crippen molar-refractivity contribution in [1.29, 1.82) is 5.26 Å². The SMILES string of the molecule is CCCc1c(CC)nc(OC[C@H](C)C[C@@H](F)CC)nc1N(CCC)C[C@@H](C)CC#N. The highest BCUT2D eigenvalue weighted by atomic mass is 19.1. The van der Waals surface area contributed by atoms with Crippen LogP contribution in [0.1, 0.15) is 84.9 Å². The third-order valence-electron chi connectivity index (χ3n) is 5.25. The first-order valence-corrected chi connectivity index (χ1v) is 11.7. The Labute approximate surface area is 183 Å². The van der Waals surface area contributed by atoms with Gasteiger partial charge in [0, 0.05) is 25.1 Å². The summed E-state index contributed by atoms with van der Waals surface area (Å²) >= 11 is 0. The van der Waals surface area contributed by atoms with Crippen molar-refractivity contribution in [3.8, 4) is 12.1 Å². The van der Waals surface area contributed by atoms with Crippen LogP contribution < -0.4 is 9.64 Å². The molecule has 6 heteroatoms. The molecule has 1 aromatic rings. The number of nitriles is 1. The van der Waals surface area contributed by atoms with Crippen LogP contribution in [0.3, 0.4) is 0 Å². The molecule has 0 fully saturated rings. The van der Waals surface area contributed by atoms with Gasteiger partial charge in [0.15, 0.2) is 0 Å². The van der Waals surface area contributed by atoms with Gasteiger partial charge in [0.1, 0.15) is 12.0 Å². The van der Waals surface area contributed by atoms with Crippen molar-refractivity contribution in [2.24, 2.45) is 11.8 Å². The Bertz CT molecular complexity index is 661. The van der Waals surface area contributed by atoms with Gasteiger partial charge in [-0.25, -0.2) is 4.39 Å². The molecule has 1 aromatic heterocycles. The summed E-state index contributed by atoms with van der Waals surface area (Å²) in [5.41, 5.74) is 2.21. The lowest BCUT2D eigenvalue weighted by molar-refractivity contribution is 0.192. The Morgan fingerprint density at radius 3 is 2.40 bits per heavy atom. The molecule has 0 aliphatic rings. The van der Waals surface area contributed by atoms with Gasteiger partial charge in [-0.05, 0) is 43.9 Å². The number of hydrogen-bond acceptors (Lipinski definition) is 5. The molecule has 1 heterocycles. The van der Waals surface area contributed by atoms with E-state index in [4.69, 9.17) is 20.0 Å². The highest BCUT2D eigenvalue weighted by molar-refractivity contribution is 5.50. The van der Waals surface area contributed by atoms with E-state index in [9.17, 15) is 4.39 Å². The quantitative estimate of drug-likeness (QED) is 0.353. The van der Waals surface area contributed by atoms with Crippen molar-refractivity contribution in [3.63, 3.8) is 0 Å². The molecule has 0 saturated heterocycles. The maximum Gasteiger partial charge on any atom is 0.318 e. The first-order valence-electron chi connectivity index (χ1n) is 11.7. The van der Waals surface area contributed by atoms with Crippen LogP contribution in [0.5, 0.6) is 6.01 Å². The van der Waals surface area contributed by atoms with E-state index in [-0.39, 0.29) is 11.8 Å². The average Bonchev–Trinajstić information content (AvgIpc) is 2.72. The molecule has 0 saturated carbocycles. The van der Waals surface area contributed by atoms with E-state index in [1.54, 1.807) is 0 Å². The van der Waals surface area contributed by atoms with Gasteiger partial charge in [0.25, 0.3) is 0 Å². The second kappa shape index (κ2) is 14.2. The molecule has 0 aliphatic heterocycles. The van der Waals surface area contributed by atoms with Crippen molar-refractivity contribution in [3.05, 3.63) is 11.3 Å². The van der Waals surface area contributed by atoms with Gasteiger partial charge in [-0.2, -0.15) is 15.2 Å². The minimum atomic E-state index is -0.792. The number of alkyl halides is 1. The standard InChI is InChI=1S/C24H41FN4O/c1-7-11-21-22(10-4)27-24(30-17-19(6)15-20(25)9-3)28-23(21)29(14-8-2)16-18(5)12-13-26/h18-20H,7-12,14-17H2,1-6H3/t18-,19+,20-/m0/s1. The summed E-state index contributed by atoms with van der Waals surface area (Å²) in [5.74, 6) is 1.31. The molecule has 0 radical (unpaired) electrons. The van der Waals surface area contributed by atoms with Crippen LogP contribution in [-0.4, -0.2) is 35.8 Å². The summed E-state index contributed by atoms with van der Waals surface area (Å²) in [6.45, 7) is 14.5. The molecule has 1 rings (SSSR count). The van der Waals surface area contributed by atoms with Crippen LogP contribution in [0.25, 0.3) is 0 Å². The molecule has 0 aromatic carbocycles. The predicted molar refractivity (Wildman–Crippen MR) is 122 cm³/mol. The summed E-state index contributed by atoms with van der Waals surface area (Å²) in [6, 6.07) is 2.66. The highest BCUT2D eigenvalue weighted by Gasteiger charge is 2.21. The number of aromatic nitrogens is 2. The zero-order chi connectivity index (χ0) is 22.5. The van der Waals surface area contributed by atoms with Gasteiger partial charge >= 0.3 is 6.01 Å². The first-order chi connectivity index (χ1) is 14.4. The van der Waals surface area contributed by atoms with Crippen molar-refractivity contribution >= 4 is 5.82 Å². The summed E-state index contributed by atoms with van der Waals surface area (Å²) < 4.78 is 19.6. The number of aryl methyl sites for hydroxylation is 1. The minimum absolute atomic E-state index is 0.106. The Morgan fingerprint density at radius 1 is 1.10 bits per heavy atom. The van der Waals surface area contributed by atoms with Crippen LogP contribution in [0.4, 0.5) is 10.2 Å². The third kappa shape index (κ3) is 8.45. The number of nitrogens with zero attached hydrogens (tertiary/aromatic N) is 4. The lowest BCUT2D eigenvalue weighted by atomic mass is 10.0. The summed E-state index contributed by atoms with van der Waals surface area (Å²) in [7, 11) is 0. The van der Waals surface area contributed by atoms with E-state index < -0.39 is 6.17 Å². The fourth-order valence-corrected chi connectivity index (χ4v) is 3.66. The number of rotatable bonds is 15. The molecule has 5 nitrogen and oxygen atoms in total. The largest absolute Gasteiger partial charge is 0.463 e. The third-order valence-corrected chi connectivity index (χ3v) is 5.25. The van der Waals surface area contributed by atoms with E-state index in [1.807, 2.05) is 13.8 Å². The zero-order valence-electron chi connectivity index (χ0n) is 19.9. The molecule has 0 unspecified atom stereocenters. The molecule has 30 heavy (non-hydrogen) atoms. The van der Waals surface area contributed by atoms with Crippen LogP contribution in [0.2, 0.25) is 0 Å². The fourth-order valence-electron chi connectivity index (χ4n) is 3.66. The second-order valence-corrected chi connectivity index (χ2v) is 8.43. The smallest absolute Gasteiger partial charge is 0.318 e. The maximum atomic E-state index is 13.7. The van der Waals surface area contributed by atoms with Gasteiger partial charge in [-0.15, -0.1) is 0 Å². The van der Waals surface area contributed by atoms with E-state index >= 15 is 0 Å². The van der Waals surface area contributed by atoms with Crippen molar-refractivity contribution in [2.75, 3.05) is 24.6 Å². The van der Waals surface area contributed by atoms with Gasteiger partial charge in [0.05, 0.1) is 18.4 Å². The van der Waals surface area contributed by atoms with Crippen molar-refractivity contribution in [2.45, 2.75) is 92.7 Å². The van der Waals surface area contributed by atoms with E-state index in [0.717, 1.165) is 50.3 Å². The van der Waals surface area contributed by atoms with Crippen molar-refractivity contribution in [1.82, 2.24) is 9.97 Å². The number of anilines is 1. The van der Waals surface area contributed by atoms with Gasteiger partial charge in [-0.1, -0.05) is 48.0 Å². The Kier molecular flexibility index (Phi) is 12.3. The molecule has 0 aliphatic carbocycles. The number of hydrogen-bond donors (Lipinski definition) is 0. The monoisotopic (exact) mass is 420 g/mol. The topological polar surface area (TPSA) is 62.0 Å². The minimum Gasteiger partial charge on any atom is -0.463 e. The van der Waals surface area contributed by atoms with E-state index in [1.165, 1.54) is 5.56 Å². The molecular formula is C24H41FN4O. The fraction of sp³-hybridized carbons (Fsp3) is 0.792. The van der Waals surface area contributed by atoms with E-state index in [2.05, 4.69) is 38.7 Å². The molecule has 170 valence electrons. The van der Waals surface area contributed by atoms with Crippen molar-refractivity contribution < 1.29 is 9.13 Å². The van der Waals surface area contributed by atoms with Gasteiger partial charge in [0.2, 0.25) is 0 Å². The molecule has 3 atom stereocenters. The zero-order valence-corrected chi connectivity index (χ0v) is 19.9. The Morgan fingerprint density at radius 2 is 1.83 bits per heavy atom.